The molecule has 0 bridgehead atoms. The molecule has 5 nitrogen and oxygen atoms in total. The fraction of sp³-hybridized carbons (Fsp3) is 0.294. The molecule has 1 aliphatic rings. The Hall–Kier alpha value is -2.25. The minimum Gasteiger partial charge on any atom is -0.479 e. The molecule has 24 heavy (non-hydrogen) atoms. The summed E-state index contributed by atoms with van der Waals surface area (Å²) in [5.74, 6) is -1.60. The molecule has 1 aromatic heterocycles. The molecular weight excluding hydrogens is 333 g/mol. The Balaban J connectivity index is 1.78. The van der Waals surface area contributed by atoms with Crippen LogP contribution >= 0.6 is 11.3 Å². The van der Waals surface area contributed by atoms with Crippen LogP contribution in [0.1, 0.15) is 16.6 Å². The average Bonchev–Trinajstić information content (AvgIpc) is 3.04. The van der Waals surface area contributed by atoms with Gasteiger partial charge in [-0.25, -0.2) is 9.18 Å². The second kappa shape index (κ2) is 6.70. The minimum absolute atomic E-state index is 0.0300. The van der Waals surface area contributed by atoms with E-state index in [1.54, 1.807) is 25.1 Å². The molecule has 126 valence electrons. The molecule has 1 saturated heterocycles. The Kier molecular flexibility index (Phi) is 4.64. The van der Waals surface area contributed by atoms with Gasteiger partial charge in [-0.15, -0.1) is 11.3 Å². The van der Waals surface area contributed by atoms with Crippen LogP contribution in [0.25, 0.3) is 10.4 Å². The van der Waals surface area contributed by atoms with Crippen LogP contribution in [0.5, 0.6) is 0 Å². The van der Waals surface area contributed by atoms with Crippen molar-refractivity contribution in [1.82, 2.24) is 4.90 Å². The van der Waals surface area contributed by atoms with Crippen LogP contribution in [0, 0.1) is 5.82 Å². The maximum absolute atomic E-state index is 13.0. The predicted molar refractivity (Wildman–Crippen MR) is 87.6 cm³/mol. The van der Waals surface area contributed by atoms with Gasteiger partial charge in [-0.05, 0) is 36.8 Å². The van der Waals surface area contributed by atoms with Gasteiger partial charge < -0.3 is 14.7 Å². The van der Waals surface area contributed by atoms with Gasteiger partial charge in [0.05, 0.1) is 17.5 Å². The van der Waals surface area contributed by atoms with E-state index < -0.39 is 12.1 Å². The number of ether oxygens (including phenoxy) is 1. The molecule has 1 fully saturated rings. The highest BCUT2D eigenvalue weighted by atomic mass is 32.1. The molecule has 0 aliphatic carbocycles. The molecule has 1 N–H and O–H groups in total. The summed E-state index contributed by atoms with van der Waals surface area (Å²) in [6, 6.07) is 9.58. The van der Waals surface area contributed by atoms with Crippen LogP contribution in [0.15, 0.2) is 36.4 Å². The lowest BCUT2D eigenvalue weighted by atomic mass is 10.2. The van der Waals surface area contributed by atoms with Crippen molar-refractivity contribution >= 4 is 23.2 Å². The Morgan fingerprint density at radius 3 is 2.58 bits per heavy atom. The summed E-state index contributed by atoms with van der Waals surface area (Å²) in [6.07, 6.45) is -1.34. The van der Waals surface area contributed by atoms with E-state index in [-0.39, 0.29) is 24.4 Å². The molecular formula is C17H16FNO4S. The summed E-state index contributed by atoms with van der Waals surface area (Å²) < 4.78 is 18.3. The van der Waals surface area contributed by atoms with Crippen molar-refractivity contribution in [3.8, 4) is 10.4 Å². The van der Waals surface area contributed by atoms with Gasteiger partial charge in [-0.3, -0.25) is 4.79 Å². The number of hydrogen-bond donors (Lipinski definition) is 1. The molecule has 0 radical (unpaired) electrons. The third-order valence-corrected chi connectivity index (χ3v) is 4.89. The molecule has 1 amide bonds. The number of carbonyl (C=O) groups excluding carboxylic acids is 1. The third kappa shape index (κ3) is 3.47. The second-order valence-electron chi connectivity index (χ2n) is 5.65. The summed E-state index contributed by atoms with van der Waals surface area (Å²) in [5, 5.41) is 9.11. The van der Waals surface area contributed by atoms with Crippen molar-refractivity contribution in [1.29, 1.82) is 0 Å². The molecule has 2 atom stereocenters. The van der Waals surface area contributed by atoms with Crippen molar-refractivity contribution < 1.29 is 23.8 Å². The molecule has 1 aliphatic heterocycles. The molecule has 7 heteroatoms. The zero-order valence-electron chi connectivity index (χ0n) is 12.9. The smallest absolute Gasteiger partial charge is 0.334 e. The molecule has 0 spiro atoms. The van der Waals surface area contributed by atoms with E-state index in [0.29, 0.717) is 11.4 Å². The van der Waals surface area contributed by atoms with Crippen molar-refractivity contribution in [3.05, 3.63) is 47.1 Å². The van der Waals surface area contributed by atoms with Crippen molar-refractivity contribution in [2.45, 2.75) is 19.1 Å². The van der Waals surface area contributed by atoms with Gasteiger partial charge >= 0.3 is 5.97 Å². The van der Waals surface area contributed by atoms with E-state index in [2.05, 4.69) is 0 Å². The second-order valence-corrected chi connectivity index (χ2v) is 6.74. The highest BCUT2D eigenvalue weighted by molar-refractivity contribution is 7.17. The van der Waals surface area contributed by atoms with Crippen LogP contribution in [-0.2, 0) is 9.53 Å². The van der Waals surface area contributed by atoms with Gasteiger partial charge in [0.2, 0.25) is 0 Å². The van der Waals surface area contributed by atoms with E-state index in [9.17, 15) is 14.0 Å². The monoisotopic (exact) mass is 349 g/mol. The van der Waals surface area contributed by atoms with Gasteiger partial charge in [0.25, 0.3) is 5.91 Å². The van der Waals surface area contributed by atoms with Crippen LogP contribution < -0.4 is 0 Å². The zero-order valence-corrected chi connectivity index (χ0v) is 13.8. The largest absolute Gasteiger partial charge is 0.479 e. The Bertz CT molecular complexity index is 758. The molecule has 1 aromatic carbocycles. The van der Waals surface area contributed by atoms with Crippen molar-refractivity contribution in [2.24, 2.45) is 0 Å². The number of carboxylic acid groups (broad SMARTS) is 1. The lowest BCUT2D eigenvalue weighted by Crippen LogP contribution is -2.51. The van der Waals surface area contributed by atoms with E-state index in [4.69, 9.17) is 9.84 Å². The van der Waals surface area contributed by atoms with Gasteiger partial charge in [0, 0.05) is 11.4 Å². The van der Waals surface area contributed by atoms with Crippen LogP contribution in [0.4, 0.5) is 4.39 Å². The summed E-state index contributed by atoms with van der Waals surface area (Å²) in [4.78, 5) is 26.7. The Morgan fingerprint density at radius 1 is 1.21 bits per heavy atom. The predicted octanol–water partition coefficient (Wildman–Crippen LogP) is 2.87. The van der Waals surface area contributed by atoms with Crippen LogP contribution in [-0.4, -0.2) is 47.2 Å². The number of thiophene rings is 1. The first-order chi connectivity index (χ1) is 11.4. The first-order valence-electron chi connectivity index (χ1n) is 7.47. The fourth-order valence-electron chi connectivity index (χ4n) is 2.63. The summed E-state index contributed by atoms with van der Waals surface area (Å²) >= 11 is 1.30. The maximum atomic E-state index is 13.0. The van der Waals surface area contributed by atoms with E-state index in [1.165, 1.54) is 28.4 Å². The Morgan fingerprint density at radius 2 is 1.92 bits per heavy atom. The maximum Gasteiger partial charge on any atom is 0.334 e. The van der Waals surface area contributed by atoms with Crippen molar-refractivity contribution in [2.75, 3.05) is 13.1 Å². The summed E-state index contributed by atoms with van der Waals surface area (Å²) in [7, 11) is 0. The number of carboxylic acids is 1. The first-order valence-corrected chi connectivity index (χ1v) is 8.29. The molecule has 3 rings (SSSR count). The minimum atomic E-state index is -1.07. The summed E-state index contributed by atoms with van der Waals surface area (Å²) in [5.41, 5.74) is 0.833. The highest BCUT2D eigenvalue weighted by Gasteiger charge is 2.33. The number of nitrogens with zero attached hydrogens (tertiary/aromatic N) is 1. The fourth-order valence-corrected chi connectivity index (χ4v) is 3.61. The Labute approximate surface area is 142 Å². The number of benzene rings is 1. The van der Waals surface area contributed by atoms with E-state index in [1.807, 2.05) is 6.07 Å². The van der Waals surface area contributed by atoms with Crippen molar-refractivity contribution in [3.63, 3.8) is 0 Å². The van der Waals surface area contributed by atoms with Gasteiger partial charge in [-0.2, -0.15) is 0 Å². The number of hydrogen-bond acceptors (Lipinski definition) is 4. The lowest BCUT2D eigenvalue weighted by Gasteiger charge is -2.34. The SMILES string of the molecule is C[C@@H]1CN(C(=O)c2ccc(-c3ccc(F)cc3)s2)CC(C(=O)O)O1. The number of carbonyl (C=O) groups is 2. The standard InChI is InChI=1S/C17H16FNO4S/c1-10-8-19(9-13(23-10)17(21)22)16(20)15-7-6-14(24-15)11-2-4-12(18)5-3-11/h2-7,10,13H,8-9H2,1H3,(H,21,22)/t10-,13?/m1/s1. The molecule has 1 unspecified atom stereocenters. The first kappa shape index (κ1) is 16.6. The zero-order chi connectivity index (χ0) is 17.3. The van der Waals surface area contributed by atoms with E-state index >= 15 is 0 Å². The molecule has 2 aromatic rings. The van der Waals surface area contributed by atoms with E-state index in [0.717, 1.165) is 10.4 Å². The molecule has 2 heterocycles. The third-order valence-electron chi connectivity index (χ3n) is 3.77. The number of rotatable bonds is 3. The lowest BCUT2D eigenvalue weighted by molar-refractivity contribution is -0.160. The van der Waals surface area contributed by atoms with Gasteiger partial charge in [0.1, 0.15) is 5.82 Å². The topological polar surface area (TPSA) is 66.8 Å². The molecule has 0 saturated carbocycles. The van der Waals surface area contributed by atoms with Crippen LogP contribution in [0.2, 0.25) is 0 Å². The number of amides is 1. The summed E-state index contributed by atoms with van der Waals surface area (Å²) in [6.45, 7) is 2.13. The highest BCUT2D eigenvalue weighted by Crippen LogP contribution is 2.29. The number of morpholine rings is 1. The van der Waals surface area contributed by atoms with Gasteiger partial charge in [0.15, 0.2) is 6.10 Å². The average molecular weight is 349 g/mol. The number of aliphatic carboxylic acids is 1. The van der Waals surface area contributed by atoms with Gasteiger partial charge in [-0.1, -0.05) is 12.1 Å². The van der Waals surface area contributed by atoms with Crippen LogP contribution in [0.3, 0.4) is 0 Å². The quantitative estimate of drug-likeness (QED) is 0.925. The number of halogens is 1. The normalized spacial score (nSPS) is 20.8.